The summed E-state index contributed by atoms with van der Waals surface area (Å²) in [7, 11) is 1.88. The molecule has 3 heterocycles. The maximum Gasteiger partial charge on any atom is 0.251 e. The number of rotatable bonds is 6. The molecule has 24 heavy (non-hydrogen) atoms. The van der Waals surface area contributed by atoms with Gasteiger partial charge in [-0.25, -0.2) is 4.68 Å². The zero-order chi connectivity index (χ0) is 17.3. The normalized spacial score (nSPS) is 20.6. The molecular formula is C16H21N7O. The van der Waals surface area contributed by atoms with Crippen molar-refractivity contribution >= 4 is 11.9 Å². The van der Waals surface area contributed by atoms with Crippen LogP contribution in [0.15, 0.2) is 27.8 Å². The maximum absolute atomic E-state index is 12.7. The number of allylic oxidation sites excluding steroid dienone is 1. The van der Waals surface area contributed by atoms with E-state index >= 15 is 0 Å². The van der Waals surface area contributed by atoms with E-state index in [-0.39, 0.29) is 17.6 Å². The van der Waals surface area contributed by atoms with Crippen LogP contribution in [0, 0.1) is 12.3 Å². The Labute approximate surface area is 141 Å². The standard InChI is InChI=1S/C16H21N7O/c1-5-6-7-16(20-21-16)8-9-17-14(24)13-11(2)22(4)15-18-10-19-23(15)12(13)3/h1,10,12H,6-9H2,2-4H3,(H,17,24). The molecule has 0 saturated heterocycles. The quantitative estimate of drug-likeness (QED) is 0.805. The van der Waals surface area contributed by atoms with Crippen molar-refractivity contribution < 1.29 is 4.79 Å². The van der Waals surface area contributed by atoms with Crippen LogP contribution in [0.4, 0.5) is 5.95 Å². The van der Waals surface area contributed by atoms with E-state index in [1.165, 1.54) is 6.33 Å². The minimum absolute atomic E-state index is 0.0965. The first-order valence-corrected chi connectivity index (χ1v) is 7.99. The predicted molar refractivity (Wildman–Crippen MR) is 89.1 cm³/mol. The Kier molecular flexibility index (Phi) is 4.09. The number of nitrogens with one attached hydrogen (secondary N) is 1. The topological polar surface area (TPSA) is 87.8 Å². The molecule has 126 valence electrons. The summed E-state index contributed by atoms with van der Waals surface area (Å²) in [6.45, 7) is 4.38. The molecule has 3 rings (SSSR count). The van der Waals surface area contributed by atoms with Crippen molar-refractivity contribution in [1.82, 2.24) is 20.1 Å². The molecule has 1 N–H and O–H groups in total. The summed E-state index contributed by atoms with van der Waals surface area (Å²) in [5, 5.41) is 15.4. The zero-order valence-corrected chi connectivity index (χ0v) is 14.2. The summed E-state index contributed by atoms with van der Waals surface area (Å²) in [6, 6.07) is -0.163. The van der Waals surface area contributed by atoms with Gasteiger partial charge in [0.2, 0.25) is 5.95 Å². The molecule has 1 unspecified atom stereocenters. The van der Waals surface area contributed by atoms with Crippen LogP contribution in [-0.2, 0) is 4.79 Å². The van der Waals surface area contributed by atoms with Crippen LogP contribution < -0.4 is 10.2 Å². The molecule has 0 aliphatic carbocycles. The predicted octanol–water partition coefficient (Wildman–Crippen LogP) is 1.64. The van der Waals surface area contributed by atoms with Crippen LogP contribution in [0.25, 0.3) is 0 Å². The Hall–Kier alpha value is -2.69. The van der Waals surface area contributed by atoms with Gasteiger partial charge in [0, 0.05) is 38.6 Å². The lowest BCUT2D eigenvalue weighted by atomic mass is 10.0. The summed E-state index contributed by atoms with van der Waals surface area (Å²) in [6.07, 6.45) is 8.84. The van der Waals surface area contributed by atoms with E-state index in [2.05, 4.69) is 31.5 Å². The summed E-state index contributed by atoms with van der Waals surface area (Å²) < 4.78 is 1.75. The average Bonchev–Trinajstić information content (AvgIpc) is 3.14. The van der Waals surface area contributed by atoms with Crippen molar-refractivity contribution in [2.45, 2.75) is 44.8 Å². The molecule has 0 radical (unpaired) electrons. The van der Waals surface area contributed by atoms with Gasteiger partial charge in [0.25, 0.3) is 5.91 Å². The molecule has 1 aromatic heterocycles. The molecule has 0 spiro atoms. The monoisotopic (exact) mass is 327 g/mol. The Morgan fingerprint density at radius 2 is 2.21 bits per heavy atom. The number of anilines is 1. The average molecular weight is 327 g/mol. The lowest BCUT2D eigenvalue weighted by molar-refractivity contribution is -0.118. The Morgan fingerprint density at radius 3 is 2.88 bits per heavy atom. The molecule has 1 aromatic rings. The first-order chi connectivity index (χ1) is 11.5. The van der Waals surface area contributed by atoms with Gasteiger partial charge in [-0.15, -0.1) is 12.3 Å². The molecule has 8 nitrogen and oxygen atoms in total. The minimum atomic E-state index is -0.378. The highest BCUT2D eigenvalue weighted by molar-refractivity contribution is 5.96. The number of carbonyl (C=O) groups is 1. The molecule has 0 fully saturated rings. The molecule has 1 atom stereocenters. The number of nitrogens with zero attached hydrogens (tertiary/aromatic N) is 6. The van der Waals surface area contributed by atoms with E-state index in [1.807, 2.05) is 25.8 Å². The van der Waals surface area contributed by atoms with Gasteiger partial charge < -0.3 is 10.2 Å². The van der Waals surface area contributed by atoms with E-state index in [9.17, 15) is 4.79 Å². The largest absolute Gasteiger partial charge is 0.352 e. The van der Waals surface area contributed by atoms with Crippen LogP contribution in [-0.4, -0.2) is 39.9 Å². The first-order valence-electron chi connectivity index (χ1n) is 7.99. The number of carbonyl (C=O) groups excluding carboxylic acids is 1. The zero-order valence-electron chi connectivity index (χ0n) is 14.2. The van der Waals surface area contributed by atoms with Crippen LogP contribution in [0.2, 0.25) is 0 Å². The molecule has 2 aliphatic heterocycles. The van der Waals surface area contributed by atoms with Crippen molar-refractivity contribution in [3.63, 3.8) is 0 Å². The molecule has 0 aromatic carbocycles. The highest BCUT2D eigenvalue weighted by Crippen LogP contribution is 2.36. The third kappa shape index (κ3) is 2.77. The van der Waals surface area contributed by atoms with Gasteiger partial charge in [0.1, 0.15) is 6.33 Å². The molecule has 0 saturated carbocycles. The van der Waals surface area contributed by atoms with Crippen LogP contribution in [0.3, 0.4) is 0 Å². The van der Waals surface area contributed by atoms with E-state index in [0.29, 0.717) is 25.0 Å². The number of hydrogen-bond acceptors (Lipinski definition) is 6. The van der Waals surface area contributed by atoms with Crippen LogP contribution >= 0.6 is 0 Å². The number of terminal acetylenes is 1. The summed E-state index contributed by atoms with van der Waals surface area (Å²) in [5.41, 5.74) is 1.19. The fraction of sp³-hybridized carbons (Fsp3) is 0.562. The van der Waals surface area contributed by atoms with E-state index < -0.39 is 0 Å². The van der Waals surface area contributed by atoms with Gasteiger partial charge in [-0.2, -0.15) is 20.3 Å². The van der Waals surface area contributed by atoms with E-state index in [1.54, 1.807) is 4.68 Å². The minimum Gasteiger partial charge on any atom is -0.352 e. The molecule has 1 amide bonds. The van der Waals surface area contributed by atoms with E-state index in [4.69, 9.17) is 6.42 Å². The van der Waals surface area contributed by atoms with Gasteiger partial charge in [-0.1, -0.05) is 0 Å². The molecule has 2 aliphatic rings. The number of hydrogen-bond donors (Lipinski definition) is 1. The lowest BCUT2D eigenvalue weighted by Crippen LogP contribution is -2.38. The highest BCUT2D eigenvalue weighted by atomic mass is 16.1. The van der Waals surface area contributed by atoms with Gasteiger partial charge in [-0.05, 0) is 13.8 Å². The molecular weight excluding hydrogens is 306 g/mol. The SMILES string of the molecule is C#CCCC1(CCNC(=O)C2=C(C)N(C)c3ncnn3C2C)N=N1. The smallest absolute Gasteiger partial charge is 0.251 e. The van der Waals surface area contributed by atoms with Crippen molar-refractivity contribution in [2.75, 3.05) is 18.5 Å². The third-order valence-corrected chi connectivity index (χ3v) is 4.64. The summed E-state index contributed by atoms with van der Waals surface area (Å²) in [5.74, 6) is 3.24. The van der Waals surface area contributed by atoms with Crippen molar-refractivity contribution in [1.29, 1.82) is 0 Å². The Bertz CT molecular complexity index is 749. The van der Waals surface area contributed by atoms with Gasteiger partial charge in [-0.3, -0.25) is 4.79 Å². The van der Waals surface area contributed by atoms with Crippen molar-refractivity contribution in [3.8, 4) is 12.3 Å². The van der Waals surface area contributed by atoms with Gasteiger partial charge >= 0.3 is 0 Å². The molecule has 0 bridgehead atoms. The van der Waals surface area contributed by atoms with Crippen molar-refractivity contribution in [3.05, 3.63) is 17.6 Å². The van der Waals surface area contributed by atoms with Crippen LogP contribution in [0.5, 0.6) is 0 Å². The first kappa shape index (κ1) is 16.2. The van der Waals surface area contributed by atoms with Crippen molar-refractivity contribution in [2.24, 2.45) is 10.2 Å². The number of fused-ring (bicyclic) bond motifs is 1. The second-order valence-corrected chi connectivity index (χ2v) is 6.13. The van der Waals surface area contributed by atoms with Gasteiger partial charge in [0.15, 0.2) is 5.66 Å². The fourth-order valence-electron chi connectivity index (χ4n) is 3.01. The van der Waals surface area contributed by atoms with Gasteiger partial charge in [0.05, 0.1) is 11.6 Å². The Morgan fingerprint density at radius 1 is 1.46 bits per heavy atom. The molecule has 8 heteroatoms. The number of aromatic nitrogens is 3. The van der Waals surface area contributed by atoms with Crippen LogP contribution in [0.1, 0.15) is 39.2 Å². The fourth-order valence-corrected chi connectivity index (χ4v) is 3.01. The maximum atomic E-state index is 12.7. The number of amides is 1. The summed E-state index contributed by atoms with van der Waals surface area (Å²) >= 11 is 0. The second-order valence-electron chi connectivity index (χ2n) is 6.13. The Balaban J connectivity index is 1.63. The third-order valence-electron chi connectivity index (χ3n) is 4.64. The second kappa shape index (κ2) is 6.07. The van der Waals surface area contributed by atoms with E-state index in [0.717, 1.165) is 18.1 Å². The highest BCUT2D eigenvalue weighted by Gasteiger charge is 2.39. The summed E-state index contributed by atoms with van der Waals surface area (Å²) in [4.78, 5) is 18.8. The lowest BCUT2D eigenvalue weighted by Gasteiger charge is -2.31.